The van der Waals surface area contributed by atoms with Crippen LogP contribution in [-0.2, 0) is 11.8 Å². The van der Waals surface area contributed by atoms with Gasteiger partial charge in [-0.05, 0) is 25.5 Å². The van der Waals surface area contributed by atoms with E-state index in [1.807, 2.05) is 36.7 Å². The number of aromatic amines is 1. The number of aliphatic imine (C=N–C) groups is 1. The molecule has 4 N–H and O–H groups in total. The van der Waals surface area contributed by atoms with E-state index in [2.05, 4.69) is 56.2 Å². The minimum Gasteiger partial charge on any atom is -0.454 e. The molecule has 0 aliphatic carbocycles. The largest absolute Gasteiger partial charge is 0.454 e. The Bertz CT molecular complexity index is 1470. The van der Waals surface area contributed by atoms with Gasteiger partial charge in [-0.25, -0.2) is 9.97 Å². The molecule has 1 aliphatic heterocycles. The normalized spacial score (nSPS) is 17.3. The number of hydrogen-bond acceptors (Lipinski definition) is 8. The van der Waals surface area contributed by atoms with Crippen LogP contribution < -0.4 is 15.8 Å². The molecule has 1 fully saturated rings. The van der Waals surface area contributed by atoms with Crippen molar-refractivity contribution in [3.63, 3.8) is 0 Å². The first-order valence-electron chi connectivity index (χ1n) is 11.9. The Morgan fingerprint density at radius 3 is 2.72 bits per heavy atom. The first-order valence-corrected chi connectivity index (χ1v) is 11.9. The fraction of sp³-hybridized carbons (Fsp3) is 0.400. The van der Waals surface area contributed by atoms with Crippen LogP contribution in [0.1, 0.15) is 32.9 Å². The van der Waals surface area contributed by atoms with Gasteiger partial charge in [0.15, 0.2) is 11.3 Å². The van der Waals surface area contributed by atoms with Crippen LogP contribution in [0.2, 0.25) is 0 Å². The molecule has 0 saturated carbocycles. The van der Waals surface area contributed by atoms with Gasteiger partial charge in [0.25, 0.3) is 0 Å². The molecule has 0 radical (unpaired) electrons. The van der Waals surface area contributed by atoms with E-state index in [-0.39, 0.29) is 11.5 Å². The number of nitrogens with two attached hydrogens (primary N) is 1. The number of aryl methyl sites for hydroxylation is 2. The molecule has 11 heteroatoms. The summed E-state index contributed by atoms with van der Waals surface area (Å²) < 4.78 is 13.4. The summed E-state index contributed by atoms with van der Waals surface area (Å²) >= 11 is 0. The molecular weight excluding hydrogens is 458 g/mol. The van der Waals surface area contributed by atoms with Crippen molar-refractivity contribution in [2.75, 3.05) is 13.2 Å². The Balaban J connectivity index is 1.41. The van der Waals surface area contributed by atoms with Crippen LogP contribution in [-0.4, -0.2) is 54.8 Å². The second-order valence-electron chi connectivity index (χ2n) is 10.0. The number of nitrogens with one attached hydrogen (secondary N) is 2. The lowest BCUT2D eigenvalue weighted by atomic mass is 9.90. The molecular formula is C25H31N9O2. The first kappa shape index (κ1) is 23.7. The number of nitrogens with zero attached hydrogens (tertiary/aromatic N) is 6. The standard InChI is InChI=1S/C25H31N9O2/c1-14-18-8-16(11-27-22(18)33-32-14)36-17-9-19-23(28-12-17)31-24(34(19)5)30-21(26)10-20(25(2,3)4)29-15-6-7-35-13-15/h8-12,15,29H,6-7,13H2,1-5H3,(H,27,32,33)(H2,26,28,30,31)/b20-10-. The Hall–Kier alpha value is -3.99. The fourth-order valence-corrected chi connectivity index (χ4v) is 4.02. The summed E-state index contributed by atoms with van der Waals surface area (Å²) in [5.74, 6) is 1.97. The minimum absolute atomic E-state index is 0.129. The number of ether oxygens (including phenoxy) is 2. The zero-order valence-corrected chi connectivity index (χ0v) is 21.2. The number of amidine groups is 1. The third kappa shape index (κ3) is 4.87. The predicted molar refractivity (Wildman–Crippen MR) is 138 cm³/mol. The molecule has 0 bridgehead atoms. The number of aromatic nitrogens is 6. The van der Waals surface area contributed by atoms with Crippen molar-refractivity contribution in [2.24, 2.45) is 23.2 Å². The van der Waals surface area contributed by atoms with Gasteiger partial charge in [-0.1, -0.05) is 20.8 Å². The number of hydrogen-bond donors (Lipinski definition) is 3. The maximum Gasteiger partial charge on any atom is 0.233 e. The van der Waals surface area contributed by atoms with E-state index in [1.165, 1.54) is 0 Å². The van der Waals surface area contributed by atoms with Crippen molar-refractivity contribution in [2.45, 2.75) is 40.2 Å². The maximum atomic E-state index is 6.34. The highest BCUT2D eigenvalue weighted by Gasteiger charge is 2.23. The van der Waals surface area contributed by atoms with Crippen LogP contribution in [0.4, 0.5) is 5.95 Å². The molecule has 1 atom stereocenters. The van der Waals surface area contributed by atoms with E-state index >= 15 is 0 Å². The predicted octanol–water partition coefficient (Wildman–Crippen LogP) is 3.64. The molecule has 1 unspecified atom stereocenters. The van der Waals surface area contributed by atoms with Crippen LogP contribution in [0, 0.1) is 12.3 Å². The van der Waals surface area contributed by atoms with Crippen molar-refractivity contribution in [1.82, 2.24) is 35.0 Å². The molecule has 36 heavy (non-hydrogen) atoms. The summed E-state index contributed by atoms with van der Waals surface area (Å²) in [4.78, 5) is 17.9. The van der Waals surface area contributed by atoms with E-state index in [0.29, 0.717) is 41.2 Å². The van der Waals surface area contributed by atoms with Gasteiger partial charge in [0.05, 0.1) is 30.6 Å². The third-order valence-corrected chi connectivity index (χ3v) is 6.12. The van der Waals surface area contributed by atoms with E-state index in [4.69, 9.17) is 15.2 Å². The van der Waals surface area contributed by atoms with Crippen LogP contribution in [0.25, 0.3) is 22.2 Å². The second kappa shape index (κ2) is 9.23. The zero-order chi connectivity index (χ0) is 25.4. The smallest absolute Gasteiger partial charge is 0.233 e. The molecule has 0 amide bonds. The lowest BCUT2D eigenvalue weighted by Crippen LogP contribution is -2.35. The van der Waals surface area contributed by atoms with Crippen LogP contribution in [0.15, 0.2) is 41.3 Å². The number of allylic oxidation sites excluding steroid dienone is 1. The molecule has 5 rings (SSSR count). The van der Waals surface area contributed by atoms with E-state index in [1.54, 1.807) is 12.4 Å². The van der Waals surface area contributed by atoms with Gasteiger partial charge in [-0.2, -0.15) is 15.1 Å². The monoisotopic (exact) mass is 489 g/mol. The second-order valence-corrected chi connectivity index (χ2v) is 10.0. The summed E-state index contributed by atoms with van der Waals surface area (Å²) in [6, 6.07) is 4.04. The number of pyridine rings is 2. The highest BCUT2D eigenvalue weighted by molar-refractivity contribution is 5.94. The molecule has 1 saturated heterocycles. The summed E-state index contributed by atoms with van der Waals surface area (Å²) in [5, 5.41) is 11.6. The molecule has 11 nitrogen and oxygen atoms in total. The fourth-order valence-electron chi connectivity index (χ4n) is 4.02. The van der Waals surface area contributed by atoms with Crippen molar-refractivity contribution in [1.29, 1.82) is 0 Å². The molecule has 5 heterocycles. The van der Waals surface area contributed by atoms with Gasteiger partial charge in [0.2, 0.25) is 5.95 Å². The number of rotatable bonds is 6. The minimum atomic E-state index is -0.129. The highest BCUT2D eigenvalue weighted by Crippen LogP contribution is 2.28. The van der Waals surface area contributed by atoms with E-state index in [0.717, 1.165) is 35.3 Å². The Labute approximate surface area is 208 Å². The summed E-state index contributed by atoms with van der Waals surface area (Å²) in [7, 11) is 1.87. The van der Waals surface area contributed by atoms with Gasteiger partial charge in [0, 0.05) is 41.9 Å². The van der Waals surface area contributed by atoms with Crippen molar-refractivity contribution in [3.05, 3.63) is 42.0 Å². The quantitative estimate of drug-likeness (QED) is 0.275. The summed E-state index contributed by atoms with van der Waals surface area (Å²) in [6.07, 6.45) is 6.11. The zero-order valence-electron chi connectivity index (χ0n) is 21.2. The Morgan fingerprint density at radius 2 is 2.00 bits per heavy atom. The van der Waals surface area contributed by atoms with Crippen LogP contribution in [0.3, 0.4) is 0 Å². The Kier molecular flexibility index (Phi) is 6.09. The highest BCUT2D eigenvalue weighted by atomic mass is 16.5. The lowest BCUT2D eigenvalue weighted by molar-refractivity contribution is 0.190. The third-order valence-electron chi connectivity index (χ3n) is 6.12. The summed E-state index contributed by atoms with van der Waals surface area (Å²) in [5.41, 5.74) is 10.1. The topological polar surface area (TPSA) is 141 Å². The number of imidazole rings is 1. The average molecular weight is 490 g/mol. The molecule has 0 spiro atoms. The van der Waals surface area contributed by atoms with Gasteiger partial charge in [0.1, 0.15) is 17.3 Å². The van der Waals surface area contributed by atoms with E-state index in [9.17, 15) is 0 Å². The Morgan fingerprint density at radius 1 is 1.25 bits per heavy atom. The maximum absolute atomic E-state index is 6.34. The molecule has 4 aromatic heterocycles. The lowest BCUT2D eigenvalue weighted by Gasteiger charge is -2.27. The van der Waals surface area contributed by atoms with Crippen molar-refractivity contribution in [3.8, 4) is 11.5 Å². The molecule has 188 valence electrons. The molecule has 4 aromatic rings. The van der Waals surface area contributed by atoms with Gasteiger partial charge in [-0.15, -0.1) is 0 Å². The van der Waals surface area contributed by atoms with Gasteiger partial charge >= 0.3 is 0 Å². The van der Waals surface area contributed by atoms with Crippen LogP contribution >= 0.6 is 0 Å². The van der Waals surface area contributed by atoms with Crippen LogP contribution in [0.5, 0.6) is 11.5 Å². The number of H-pyrrole nitrogens is 1. The van der Waals surface area contributed by atoms with Crippen molar-refractivity contribution >= 4 is 34.0 Å². The first-order chi connectivity index (χ1) is 17.2. The average Bonchev–Trinajstić information content (AvgIpc) is 3.54. The van der Waals surface area contributed by atoms with Gasteiger partial charge in [-0.3, -0.25) is 5.10 Å². The molecule has 1 aliphatic rings. The number of fused-ring (bicyclic) bond motifs is 2. The van der Waals surface area contributed by atoms with Gasteiger partial charge < -0.3 is 25.1 Å². The molecule has 0 aromatic carbocycles. The summed E-state index contributed by atoms with van der Waals surface area (Å²) in [6.45, 7) is 9.81. The van der Waals surface area contributed by atoms with Crippen molar-refractivity contribution < 1.29 is 9.47 Å². The van der Waals surface area contributed by atoms with E-state index < -0.39 is 0 Å². The SMILES string of the molecule is Cc1[nH]nc2ncc(Oc3cnc4nc(N=C(N)/C=C(\NC5CCOC5)C(C)(C)C)n(C)c4c3)cc12.